The fourth-order valence-corrected chi connectivity index (χ4v) is 2.87. The Hall–Kier alpha value is -2.07. The molecule has 2 aromatic rings. The van der Waals surface area contributed by atoms with Crippen LogP contribution in [0, 0.1) is 0 Å². The van der Waals surface area contributed by atoms with Crippen molar-refractivity contribution in [1.29, 1.82) is 0 Å². The molecule has 1 aromatic carbocycles. The highest BCUT2D eigenvalue weighted by atomic mass is 32.1. The maximum Gasteiger partial charge on any atom is 0.244 e. The van der Waals surface area contributed by atoms with Gasteiger partial charge >= 0.3 is 0 Å². The molecule has 4 heteroatoms. The fourth-order valence-electron chi connectivity index (χ4n) is 2.26. The molecule has 1 atom stereocenters. The molecular weight excluding hydrogens is 270 g/mol. The van der Waals surface area contributed by atoms with Gasteiger partial charge in [-0.3, -0.25) is 4.79 Å². The first-order valence-corrected chi connectivity index (χ1v) is 7.45. The first kappa shape index (κ1) is 12.9. The second-order valence-electron chi connectivity index (χ2n) is 4.58. The van der Waals surface area contributed by atoms with Crippen LogP contribution in [0.4, 0.5) is 0 Å². The standard InChI is InChI=1S/C16H15NO2S/c18-16(8-7-12-4-3-11-20-12)17-14-9-10-19-15-6-2-1-5-13(14)15/h1-8,11,14H,9-10H2,(H,17,18)/b8-7+. The molecule has 20 heavy (non-hydrogen) atoms. The molecule has 1 amide bonds. The zero-order chi connectivity index (χ0) is 13.8. The van der Waals surface area contributed by atoms with E-state index >= 15 is 0 Å². The minimum atomic E-state index is -0.0693. The van der Waals surface area contributed by atoms with Crippen LogP contribution in [-0.2, 0) is 4.79 Å². The Labute approximate surface area is 121 Å². The number of carbonyl (C=O) groups is 1. The van der Waals surface area contributed by atoms with Gasteiger partial charge in [0.05, 0.1) is 12.6 Å². The number of nitrogens with one attached hydrogen (secondary N) is 1. The second-order valence-corrected chi connectivity index (χ2v) is 5.56. The van der Waals surface area contributed by atoms with Gasteiger partial charge in [0.15, 0.2) is 0 Å². The molecule has 1 aliphatic heterocycles. The number of benzene rings is 1. The number of fused-ring (bicyclic) bond motifs is 1. The van der Waals surface area contributed by atoms with E-state index in [4.69, 9.17) is 4.74 Å². The van der Waals surface area contributed by atoms with Crippen LogP contribution in [0.5, 0.6) is 5.75 Å². The molecular formula is C16H15NO2S. The summed E-state index contributed by atoms with van der Waals surface area (Å²) in [5.74, 6) is 0.798. The summed E-state index contributed by atoms with van der Waals surface area (Å²) in [4.78, 5) is 13.1. The molecule has 1 unspecified atom stereocenters. The molecule has 3 rings (SSSR count). The van der Waals surface area contributed by atoms with Gasteiger partial charge in [0, 0.05) is 22.9 Å². The fraction of sp³-hybridized carbons (Fsp3) is 0.188. The summed E-state index contributed by atoms with van der Waals surface area (Å²) >= 11 is 1.61. The van der Waals surface area contributed by atoms with Gasteiger partial charge in [-0.1, -0.05) is 24.3 Å². The number of rotatable bonds is 3. The van der Waals surface area contributed by atoms with Crippen LogP contribution >= 0.6 is 11.3 Å². The lowest BCUT2D eigenvalue weighted by Gasteiger charge is -2.26. The highest BCUT2D eigenvalue weighted by Gasteiger charge is 2.21. The largest absolute Gasteiger partial charge is 0.493 e. The van der Waals surface area contributed by atoms with Crippen LogP contribution in [0.15, 0.2) is 47.9 Å². The zero-order valence-corrected chi connectivity index (χ0v) is 11.7. The van der Waals surface area contributed by atoms with Gasteiger partial charge < -0.3 is 10.1 Å². The number of carbonyl (C=O) groups excluding carboxylic acids is 1. The predicted molar refractivity (Wildman–Crippen MR) is 80.8 cm³/mol. The quantitative estimate of drug-likeness (QED) is 0.878. The molecule has 3 nitrogen and oxygen atoms in total. The number of thiophene rings is 1. The monoisotopic (exact) mass is 285 g/mol. The average Bonchev–Trinajstić information content (AvgIpc) is 2.99. The Morgan fingerprint density at radius 1 is 1.30 bits per heavy atom. The van der Waals surface area contributed by atoms with Crippen molar-refractivity contribution in [2.45, 2.75) is 12.5 Å². The minimum absolute atomic E-state index is 0.0282. The van der Waals surface area contributed by atoms with Gasteiger partial charge in [0.25, 0.3) is 0 Å². The summed E-state index contributed by atoms with van der Waals surface area (Å²) in [5, 5.41) is 5.03. The van der Waals surface area contributed by atoms with E-state index in [1.54, 1.807) is 17.4 Å². The molecule has 2 heterocycles. The minimum Gasteiger partial charge on any atom is -0.493 e. The predicted octanol–water partition coefficient (Wildman–Crippen LogP) is 3.40. The summed E-state index contributed by atoms with van der Waals surface area (Å²) in [5.41, 5.74) is 1.05. The topological polar surface area (TPSA) is 38.3 Å². The third-order valence-electron chi connectivity index (χ3n) is 3.22. The van der Waals surface area contributed by atoms with Crippen LogP contribution in [0.3, 0.4) is 0 Å². The van der Waals surface area contributed by atoms with Crippen molar-refractivity contribution in [3.8, 4) is 5.75 Å². The summed E-state index contributed by atoms with van der Waals surface area (Å²) in [6.45, 7) is 0.636. The molecule has 1 aliphatic rings. The lowest BCUT2D eigenvalue weighted by Crippen LogP contribution is -2.30. The van der Waals surface area contributed by atoms with Gasteiger partial charge in [0.1, 0.15) is 5.75 Å². The van der Waals surface area contributed by atoms with Gasteiger partial charge in [-0.2, -0.15) is 0 Å². The smallest absolute Gasteiger partial charge is 0.244 e. The molecule has 0 fully saturated rings. The van der Waals surface area contributed by atoms with Gasteiger partial charge in [-0.05, 0) is 23.6 Å². The van der Waals surface area contributed by atoms with Crippen LogP contribution in [0.2, 0.25) is 0 Å². The summed E-state index contributed by atoms with van der Waals surface area (Å²) < 4.78 is 5.59. The van der Waals surface area contributed by atoms with Crippen molar-refractivity contribution in [2.75, 3.05) is 6.61 Å². The van der Waals surface area contributed by atoms with Crippen LogP contribution in [-0.4, -0.2) is 12.5 Å². The molecule has 1 N–H and O–H groups in total. The average molecular weight is 285 g/mol. The van der Waals surface area contributed by atoms with Crippen molar-refractivity contribution in [3.05, 3.63) is 58.3 Å². The Morgan fingerprint density at radius 3 is 3.05 bits per heavy atom. The summed E-state index contributed by atoms with van der Waals surface area (Å²) in [6, 6.07) is 11.8. The molecule has 1 aromatic heterocycles. The first-order chi connectivity index (χ1) is 9.83. The van der Waals surface area contributed by atoms with Crippen molar-refractivity contribution in [2.24, 2.45) is 0 Å². The number of amides is 1. The van der Waals surface area contributed by atoms with Crippen molar-refractivity contribution < 1.29 is 9.53 Å². The molecule has 0 aliphatic carbocycles. The zero-order valence-electron chi connectivity index (χ0n) is 10.9. The van der Waals surface area contributed by atoms with Crippen molar-refractivity contribution >= 4 is 23.3 Å². The van der Waals surface area contributed by atoms with E-state index < -0.39 is 0 Å². The van der Waals surface area contributed by atoms with Gasteiger partial charge in [0.2, 0.25) is 5.91 Å². The number of hydrogen-bond donors (Lipinski definition) is 1. The third kappa shape index (κ3) is 2.91. The van der Waals surface area contributed by atoms with E-state index in [1.165, 1.54) is 0 Å². The highest BCUT2D eigenvalue weighted by molar-refractivity contribution is 7.10. The van der Waals surface area contributed by atoms with Crippen LogP contribution in [0.1, 0.15) is 22.9 Å². The molecule has 0 saturated carbocycles. The number of para-hydroxylation sites is 1. The van der Waals surface area contributed by atoms with E-state index in [1.807, 2.05) is 47.9 Å². The lowest BCUT2D eigenvalue weighted by molar-refractivity contribution is -0.117. The highest BCUT2D eigenvalue weighted by Crippen LogP contribution is 2.31. The van der Waals surface area contributed by atoms with Crippen molar-refractivity contribution in [3.63, 3.8) is 0 Å². The SMILES string of the molecule is O=C(/C=C/c1cccs1)NC1CCOc2ccccc21. The lowest BCUT2D eigenvalue weighted by atomic mass is 10.0. The van der Waals surface area contributed by atoms with E-state index in [9.17, 15) is 4.79 Å². The van der Waals surface area contributed by atoms with Crippen LogP contribution in [0.25, 0.3) is 6.08 Å². The van der Waals surface area contributed by atoms with E-state index in [0.29, 0.717) is 6.61 Å². The summed E-state index contributed by atoms with van der Waals surface area (Å²) in [6.07, 6.45) is 4.23. The summed E-state index contributed by atoms with van der Waals surface area (Å²) in [7, 11) is 0. The Morgan fingerprint density at radius 2 is 2.20 bits per heavy atom. The second kappa shape index (κ2) is 5.92. The number of ether oxygens (including phenoxy) is 1. The Bertz CT molecular complexity index is 619. The van der Waals surface area contributed by atoms with Gasteiger partial charge in [-0.25, -0.2) is 0 Å². The first-order valence-electron chi connectivity index (χ1n) is 6.57. The Balaban J connectivity index is 1.68. The molecule has 0 bridgehead atoms. The normalized spacial score (nSPS) is 17.5. The number of hydrogen-bond acceptors (Lipinski definition) is 3. The van der Waals surface area contributed by atoms with Gasteiger partial charge in [-0.15, -0.1) is 11.3 Å². The molecule has 0 saturated heterocycles. The maximum atomic E-state index is 12.0. The molecule has 0 spiro atoms. The van der Waals surface area contributed by atoms with E-state index in [0.717, 1.165) is 22.6 Å². The van der Waals surface area contributed by atoms with E-state index in [-0.39, 0.29) is 11.9 Å². The van der Waals surface area contributed by atoms with Crippen molar-refractivity contribution in [1.82, 2.24) is 5.32 Å². The van der Waals surface area contributed by atoms with Crippen LogP contribution < -0.4 is 10.1 Å². The Kier molecular flexibility index (Phi) is 3.83. The maximum absolute atomic E-state index is 12.0. The van der Waals surface area contributed by atoms with E-state index in [2.05, 4.69) is 5.32 Å². The third-order valence-corrected chi connectivity index (χ3v) is 4.05. The molecule has 102 valence electrons. The molecule has 0 radical (unpaired) electrons.